The predicted molar refractivity (Wildman–Crippen MR) is 92.2 cm³/mol. The molecule has 2 rings (SSSR count). The summed E-state index contributed by atoms with van der Waals surface area (Å²) in [7, 11) is 0. The summed E-state index contributed by atoms with van der Waals surface area (Å²) in [4.78, 5) is 21.2. The van der Waals surface area contributed by atoms with Crippen molar-refractivity contribution in [1.29, 1.82) is 0 Å². The number of nitro groups is 1. The summed E-state index contributed by atoms with van der Waals surface area (Å²) in [6.07, 6.45) is -0.373. The number of nitrogens with zero attached hydrogens (tertiary/aromatic N) is 3. The highest BCUT2D eigenvalue weighted by molar-refractivity contribution is 5.65. The lowest BCUT2D eigenvalue weighted by molar-refractivity contribution is -0.384. The summed E-state index contributed by atoms with van der Waals surface area (Å²) in [6.45, 7) is 3.52. The molecule has 2 aromatic carbocycles. The Hall–Kier alpha value is -3.29. The van der Waals surface area contributed by atoms with E-state index in [9.17, 15) is 14.9 Å². The van der Waals surface area contributed by atoms with Crippen LogP contribution in [0.3, 0.4) is 0 Å². The molecule has 0 atom stereocenters. The van der Waals surface area contributed by atoms with Gasteiger partial charge >= 0.3 is 6.09 Å². The van der Waals surface area contributed by atoms with Crippen LogP contribution in [0, 0.1) is 10.1 Å². The fourth-order valence-electron chi connectivity index (χ4n) is 2.31. The van der Waals surface area contributed by atoms with Crippen LogP contribution in [0.5, 0.6) is 0 Å². The van der Waals surface area contributed by atoms with Crippen LogP contribution in [0.15, 0.2) is 58.8 Å². The third kappa shape index (κ3) is 5.69. The van der Waals surface area contributed by atoms with Gasteiger partial charge in [0.2, 0.25) is 0 Å². The van der Waals surface area contributed by atoms with Gasteiger partial charge in [-0.1, -0.05) is 18.2 Å². The lowest BCUT2D eigenvalue weighted by atomic mass is 9.98. The second kappa shape index (κ2) is 7.52. The highest BCUT2D eigenvalue weighted by atomic mass is 16.6. The van der Waals surface area contributed by atoms with Crippen molar-refractivity contribution in [2.24, 2.45) is 16.0 Å². The molecule has 25 heavy (non-hydrogen) atoms. The molecule has 0 spiro atoms. The van der Waals surface area contributed by atoms with Crippen LogP contribution in [0.1, 0.15) is 19.4 Å². The molecule has 1 amide bonds. The number of rotatable bonds is 6. The van der Waals surface area contributed by atoms with Crippen LogP contribution >= 0.6 is 0 Å². The van der Waals surface area contributed by atoms with E-state index in [4.69, 9.17) is 10.5 Å². The molecule has 0 saturated carbocycles. The minimum atomic E-state index is -0.827. The molecule has 0 radical (unpaired) electrons. The highest BCUT2D eigenvalue weighted by Gasteiger charge is 2.22. The number of carbonyl (C=O) groups is 1. The first kappa shape index (κ1) is 18.1. The van der Waals surface area contributed by atoms with Crippen LogP contribution < -0.4 is 5.73 Å². The molecule has 0 aliphatic rings. The summed E-state index contributed by atoms with van der Waals surface area (Å²) in [6, 6.07) is 13.1. The number of hydrogen-bond donors (Lipinski definition) is 1. The zero-order valence-electron chi connectivity index (χ0n) is 13.9. The zero-order chi connectivity index (χ0) is 18.4. The van der Waals surface area contributed by atoms with E-state index >= 15 is 0 Å². The molecule has 0 aromatic heterocycles. The largest absolute Gasteiger partial charge is 0.443 e. The minimum absolute atomic E-state index is 0.0458. The van der Waals surface area contributed by atoms with Crippen molar-refractivity contribution >= 4 is 23.2 Å². The molecule has 0 aliphatic heterocycles. The summed E-state index contributed by atoms with van der Waals surface area (Å²) in [5.41, 5.74) is 6.13. The molecular weight excluding hydrogens is 324 g/mol. The lowest BCUT2D eigenvalue weighted by Gasteiger charge is -2.24. The number of ether oxygens (including phenoxy) is 1. The van der Waals surface area contributed by atoms with Gasteiger partial charge in [0.05, 0.1) is 16.3 Å². The maximum atomic E-state index is 10.9. The second-order valence-corrected chi connectivity index (χ2v) is 6.00. The van der Waals surface area contributed by atoms with Crippen molar-refractivity contribution in [2.75, 3.05) is 0 Å². The van der Waals surface area contributed by atoms with Gasteiger partial charge in [-0.3, -0.25) is 10.1 Å². The minimum Gasteiger partial charge on any atom is -0.443 e. The van der Waals surface area contributed by atoms with E-state index < -0.39 is 16.6 Å². The predicted octanol–water partition coefficient (Wildman–Crippen LogP) is 4.43. The van der Waals surface area contributed by atoms with Gasteiger partial charge in [-0.05, 0) is 37.6 Å². The van der Waals surface area contributed by atoms with Crippen molar-refractivity contribution in [3.05, 3.63) is 64.2 Å². The molecule has 0 unspecified atom stereocenters. The van der Waals surface area contributed by atoms with Crippen molar-refractivity contribution in [1.82, 2.24) is 0 Å². The summed E-state index contributed by atoms with van der Waals surface area (Å²) < 4.78 is 5.07. The van der Waals surface area contributed by atoms with Crippen molar-refractivity contribution < 1.29 is 14.5 Å². The maximum Gasteiger partial charge on any atom is 0.405 e. The number of benzene rings is 2. The Labute approximate surface area is 144 Å². The van der Waals surface area contributed by atoms with Crippen LogP contribution in [0.4, 0.5) is 21.9 Å². The van der Waals surface area contributed by atoms with E-state index in [0.717, 1.165) is 5.56 Å². The van der Waals surface area contributed by atoms with Gasteiger partial charge in [0.15, 0.2) is 0 Å². The van der Waals surface area contributed by atoms with Gasteiger partial charge < -0.3 is 10.5 Å². The van der Waals surface area contributed by atoms with Crippen LogP contribution in [0.25, 0.3) is 0 Å². The Morgan fingerprint density at radius 1 is 1.16 bits per heavy atom. The smallest absolute Gasteiger partial charge is 0.405 e. The maximum absolute atomic E-state index is 10.9. The normalized spacial score (nSPS) is 11.4. The molecule has 130 valence electrons. The van der Waals surface area contributed by atoms with E-state index in [0.29, 0.717) is 17.8 Å². The molecular formula is C17H18N4O4. The number of carbonyl (C=O) groups excluding carboxylic acids is 1. The lowest BCUT2D eigenvalue weighted by Crippen LogP contribution is -2.33. The third-order valence-corrected chi connectivity index (χ3v) is 3.24. The van der Waals surface area contributed by atoms with Crippen LogP contribution in [0.2, 0.25) is 0 Å². The van der Waals surface area contributed by atoms with E-state index in [1.165, 1.54) is 12.1 Å². The first-order valence-electron chi connectivity index (χ1n) is 7.49. The monoisotopic (exact) mass is 342 g/mol. The number of azo groups is 1. The fourth-order valence-corrected chi connectivity index (χ4v) is 2.31. The van der Waals surface area contributed by atoms with E-state index in [1.807, 2.05) is 6.07 Å². The number of primary amides is 1. The van der Waals surface area contributed by atoms with Crippen LogP contribution in [-0.2, 0) is 11.2 Å². The summed E-state index contributed by atoms with van der Waals surface area (Å²) in [5.74, 6) is 0. The van der Waals surface area contributed by atoms with E-state index in [-0.39, 0.29) is 5.69 Å². The van der Waals surface area contributed by atoms with Crippen molar-refractivity contribution in [2.45, 2.75) is 25.9 Å². The molecule has 0 bridgehead atoms. The second-order valence-electron chi connectivity index (χ2n) is 6.00. The first-order valence-corrected chi connectivity index (χ1v) is 7.49. The number of nitro benzene ring substituents is 1. The molecule has 8 nitrogen and oxygen atoms in total. The quantitative estimate of drug-likeness (QED) is 0.474. The first-order chi connectivity index (χ1) is 11.7. The average molecular weight is 342 g/mol. The Morgan fingerprint density at radius 2 is 1.76 bits per heavy atom. The number of amides is 1. The molecule has 0 saturated heterocycles. The average Bonchev–Trinajstić information content (AvgIpc) is 2.51. The SMILES string of the molecule is CC(C)(Cc1cccc(/N=N/c2cccc([N+](=O)[O-])c2)c1)OC(N)=O. The third-order valence-electron chi connectivity index (χ3n) is 3.24. The number of non-ortho nitro benzene ring substituents is 1. The van der Waals surface area contributed by atoms with Crippen molar-refractivity contribution in [3.8, 4) is 0 Å². The number of hydrogen-bond acceptors (Lipinski definition) is 6. The Bertz CT molecular complexity index is 818. The van der Waals surface area contributed by atoms with Gasteiger partial charge in [-0.15, -0.1) is 0 Å². The Kier molecular flexibility index (Phi) is 5.43. The van der Waals surface area contributed by atoms with E-state index in [1.54, 1.807) is 44.2 Å². The summed E-state index contributed by atoms with van der Waals surface area (Å²) in [5, 5.41) is 18.9. The van der Waals surface area contributed by atoms with Gasteiger partial charge in [0.25, 0.3) is 5.69 Å². The molecule has 2 N–H and O–H groups in total. The number of nitrogens with two attached hydrogens (primary N) is 1. The van der Waals surface area contributed by atoms with Gasteiger partial charge in [-0.2, -0.15) is 10.2 Å². The molecule has 2 aromatic rings. The van der Waals surface area contributed by atoms with Crippen molar-refractivity contribution in [3.63, 3.8) is 0 Å². The molecule has 0 aliphatic carbocycles. The van der Waals surface area contributed by atoms with Gasteiger partial charge in [0.1, 0.15) is 5.60 Å². The highest BCUT2D eigenvalue weighted by Crippen LogP contribution is 2.24. The van der Waals surface area contributed by atoms with Gasteiger partial charge in [0, 0.05) is 18.6 Å². The van der Waals surface area contributed by atoms with Gasteiger partial charge in [-0.25, -0.2) is 4.79 Å². The topological polar surface area (TPSA) is 120 Å². The molecule has 0 fully saturated rings. The Balaban J connectivity index is 2.15. The van der Waals surface area contributed by atoms with E-state index in [2.05, 4.69) is 10.2 Å². The Morgan fingerprint density at radius 3 is 2.36 bits per heavy atom. The molecule has 8 heteroatoms. The molecule has 0 heterocycles. The zero-order valence-corrected chi connectivity index (χ0v) is 13.9. The summed E-state index contributed by atoms with van der Waals surface area (Å²) >= 11 is 0. The van der Waals surface area contributed by atoms with Crippen LogP contribution in [-0.4, -0.2) is 16.6 Å². The standard InChI is InChI=1S/C17H18N4O4/c1-17(2,25-16(18)22)11-12-5-3-6-13(9-12)19-20-14-7-4-8-15(10-14)21(23)24/h3-10H,11H2,1-2H3,(H2,18,22)/b20-19+. The fraction of sp³-hybridized carbons (Fsp3) is 0.235.